The summed E-state index contributed by atoms with van der Waals surface area (Å²) in [7, 11) is 0. The smallest absolute Gasteiger partial charge is 0.194 e. The molecule has 1 heterocycles. The minimum absolute atomic E-state index is 0.0641. The van der Waals surface area contributed by atoms with Crippen molar-refractivity contribution in [2.24, 2.45) is 0 Å². The van der Waals surface area contributed by atoms with Gasteiger partial charge in [0.05, 0.1) is 18.8 Å². The Labute approximate surface area is 210 Å². The Kier molecular flexibility index (Phi) is 7.65. The van der Waals surface area contributed by atoms with E-state index in [1.807, 2.05) is 44.4 Å². The maximum Gasteiger partial charge on any atom is 0.194 e. The monoisotopic (exact) mass is 487 g/mol. The van der Waals surface area contributed by atoms with Gasteiger partial charge in [-0.15, -0.1) is 11.8 Å². The summed E-state index contributed by atoms with van der Waals surface area (Å²) in [6, 6.07) is 21.8. The van der Waals surface area contributed by atoms with Gasteiger partial charge in [0.15, 0.2) is 17.3 Å². The third kappa shape index (κ3) is 5.15. The second-order valence-electron chi connectivity index (χ2n) is 8.97. The van der Waals surface area contributed by atoms with Crippen molar-refractivity contribution in [3.8, 4) is 0 Å². The molecular weight excluding hydrogens is 458 g/mol. The number of thioether (sulfide) groups is 1. The van der Waals surface area contributed by atoms with Crippen LogP contribution in [0.3, 0.4) is 0 Å². The molecule has 0 amide bonds. The molecule has 180 valence electrons. The van der Waals surface area contributed by atoms with E-state index in [1.54, 1.807) is 60.3 Å². The van der Waals surface area contributed by atoms with E-state index in [0.29, 0.717) is 35.5 Å². The number of ether oxygens (including phenoxy) is 1. The first-order valence-electron chi connectivity index (χ1n) is 11.6. The van der Waals surface area contributed by atoms with Crippen LogP contribution in [0.4, 0.5) is 0 Å². The highest BCUT2D eigenvalue weighted by atomic mass is 32.2. The zero-order valence-corrected chi connectivity index (χ0v) is 21.1. The molecule has 0 saturated carbocycles. The Hall–Kier alpha value is -3.06. The maximum atomic E-state index is 12.7. The number of Topliss-reactive ketones (excluding diaryl/α,β-unsaturated/α-hetero) is 1. The van der Waals surface area contributed by atoms with E-state index in [1.165, 1.54) is 4.90 Å². The molecule has 0 atom stereocenters. The largest absolute Gasteiger partial charge is 0.379 e. The summed E-state index contributed by atoms with van der Waals surface area (Å²) < 4.78 is 5.35. The number of nitrogens with zero attached hydrogens (tertiary/aromatic N) is 1. The topological polar surface area (TPSA) is 63.7 Å². The Bertz CT molecular complexity index is 1140. The molecule has 0 unspecified atom stereocenters. The lowest BCUT2D eigenvalue weighted by Gasteiger charge is -2.39. The number of hydrogen-bond donors (Lipinski definition) is 0. The number of fused-ring (bicyclic) bond motifs is 2. The molecule has 1 fully saturated rings. The van der Waals surface area contributed by atoms with Crippen LogP contribution in [0, 0.1) is 0 Å². The minimum atomic E-state index is -0.468. The number of morpholine rings is 1. The number of carbonyl (C=O) groups excluding carboxylic acids is 3. The van der Waals surface area contributed by atoms with Crippen LogP contribution in [0.25, 0.3) is 0 Å². The van der Waals surface area contributed by atoms with Crippen molar-refractivity contribution in [1.82, 2.24) is 4.90 Å². The summed E-state index contributed by atoms with van der Waals surface area (Å²) in [6.45, 7) is 7.07. The van der Waals surface area contributed by atoms with Gasteiger partial charge in [-0.3, -0.25) is 19.3 Å². The van der Waals surface area contributed by atoms with Gasteiger partial charge >= 0.3 is 0 Å². The Morgan fingerprint density at radius 2 is 1.20 bits per heavy atom. The van der Waals surface area contributed by atoms with Gasteiger partial charge in [0.25, 0.3) is 0 Å². The fourth-order valence-corrected chi connectivity index (χ4v) is 4.82. The van der Waals surface area contributed by atoms with Crippen molar-refractivity contribution in [1.29, 1.82) is 0 Å². The van der Waals surface area contributed by atoms with E-state index in [-0.39, 0.29) is 17.3 Å². The van der Waals surface area contributed by atoms with Crippen LogP contribution >= 0.6 is 11.8 Å². The van der Waals surface area contributed by atoms with Crippen LogP contribution in [0.15, 0.2) is 77.7 Å². The molecule has 0 bridgehead atoms. The molecule has 0 aromatic heterocycles. The Morgan fingerprint density at radius 3 is 1.60 bits per heavy atom. The van der Waals surface area contributed by atoms with Gasteiger partial charge in [-0.1, -0.05) is 60.7 Å². The van der Waals surface area contributed by atoms with Gasteiger partial charge in [-0.05, 0) is 32.2 Å². The molecule has 2 aliphatic rings. The molecule has 0 radical (unpaired) electrons. The first-order valence-corrected chi connectivity index (χ1v) is 12.9. The number of rotatable bonds is 4. The number of ketones is 3. The highest BCUT2D eigenvalue weighted by Crippen LogP contribution is 2.27. The van der Waals surface area contributed by atoms with Crippen LogP contribution in [0.1, 0.15) is 56.0 Å². The van der Waals surface area contributed by atoms with Crippen LogP contribution in [0.2, 0.25) is 0 Å². The van der Waals surface area contributed by atoms with Crippen LogP contribution in [-0.2, 0) is 4.74 Å². The quantitative estimate of drug-likeness (QED) is 0.293. The lowest BCUT2D eigenvalue weighted by Crippen LogP contribution is -2.54. The van der Waals surface area contributed by atoms with E-state index in [0.717, 1.165) is 18.7 Å². The maximum absolute atomic E-state index is 12.7. The molecule has 5 rings (SSSR count). The van der Waals surface area contributed by atoms with Crippen LogP contribution in [-0.4, -0.2) is 60.3 Å². The molecule has 1 saturated heterocycles. The molecule has 0 spiro atoms. The van der Waals surface area contributed by atoms with Gasteiger partial charge < -0.3 is 4.74 Å². The third-order valence-electron chi connectivity index (χ3n) is 6.54. The van der Waals surface area contributed by atoms with E-state index >= 15 is 0 Å². The second-order valence-corrected chi connectivity index (χ2v) is 9.85. The van der Waals surface area contributed by atoms with Gasteiger partial charge in [-0.25, -0.2) is 0 Å². The van der Waals surface area contributed by atoms with Gasteiger partial charge in [0.1, 0.15) is 0 Å². The van der Waals surface area contributed by atoms with Crippen molar-refractivity contribution in [2.75, 3.05) is 32.6 Å². The summed E-state index contributed by atoms with van der Waals surface area (Å²) in [5, 5.41) is 0. The molecule has 5 nitrogen and oxygen atoms in total. The molecule has 1 aliphatic carbocycles. The van der Waals surface area contributed by atoms with Crippen molar-refractivity contribution >= 4 is 29.1 Å². The standard InChI is InChI=1S/C15H21NO2S.C14H8O2/c1-15(2,16-8-10-18-11-9-16)14(17)12-4-6-13(19-3)7-5-12;15-13-9-5-1-2-6-10(9)14(16)12-8-4-3-7-11(12)13/h4-7H,8-11H2,1-3H3;1-8H. The molecule has 1 aliphatic heterocycles. The van der Waals surface area contributed by atoms with E-state index in [2.05, 4.69) is 4.90 Å². The SMILES string of the molecule is CSc1ccc(C(=O)C(C)(C)N2CCOCC2)cc1.O=C1c2ccccc2C(=O)c2ccccc21. The van der Waals surface area contributed by atoms with Crippen molar-refractivity contribution in [3.05, 3.63) is 101 Å². The summed E-state index contributed by atoms with van der Waals surface area (Å²) >= 11 is 1.69. The van der Waals surface area contributed by atoms with E-state index in [9.17, 15) is 14.4 Å². The fourth-order valence-electron chi connectivity index (χ4n) is 4.41. The number of hydrogen-bond acceptors (Lipinski definition) is 6. The molecule has 3 aromatic rings. The van der Waals surface area contributed by atoms with Crippen LogP contribution in [0.5, 0.6) is 0 Å². The summed E-state index contributed by atoms with van der Waals surface area (Å²) in [5.41, 5.74) is 2.34. The Balaban J connectivity index is 0.000000167. The summed E-state index contributed by atoms with van der Waals surface area (Å²) in [6.07, 6.45) is 2.04. The molecule has 6 heteroatoms. The van der Waals surface area contributed by atoms with E-state index < -0.39 is 5.54 Å². The molecule has 0 N–H and O–H groups in total. The highest BCUT2D eigenvalue weighted by Gasteiger charge is 2.35. The average molecular weight is 488 g/mol. The first-order chi connectivity index (χ1) is 16.8. The van der Waals surface area contributed by atoms with Gasteiger partial charge in [-0.2, -0.15) is 0 Å². The predicted molar refractivity (Wildman–Crippen MR) is 139 cm³/mol. The zero-order valence-electron chi connectivity index (χ0n) is 20.2. The fraction of sp³-hybridized carbons (Fsp3) is 0.276. The van der Waals surface area contributed by atoms with Crippen molar-refractivity contribution in [2.45, 2.75) is 24.3 Å². The Morgan fingerprint density at radius 1 is 0.771 bits per heavy atom. The summed E-state index contributed by atoms with van der Waals surface area (Å²) in [5.74, 6) is 0.0543. The van der Waals surface area contributed by atoms with Gasteiger partial charge in [0.2, 0.25) is 0 Å². The average Bonchev–Trinajstić information content (AvgIpc) is 2.92. The summed E-state index contributed by atoms with van der Waals surface area (Å²) in [4.78, 5) is 40.3. The first kappa shape index (κ1) is 25.0. The predicted octanol–water partition coefficient (Wildman–Crippen LogP) is 5.16. The van der Waals surface area contributed by atoms with Gasteiger partial charge in [0, 0.05) is 45.8 Å². The normalized spacial score (nSPS) is 15.5. The highest BCUT2D eigenvalue weighted by molar-refractivity contribution is 7.98. The molecule has 3 aromatic carbocycles. The molecule has 35 heavy (non-hydrogen) atoms. The second kappa shape index (κ2) is 10.7. The number of benzene rings is 3. The number of carbonyl (C=O) groups is 3. The third-order valence-corrected chi connectivity index (χ3v) is 7.29. The molecular formula is C29H29NO4S. The van der Waals surface area contributed by atoms with Crippen molar-refractivity contribution < 1.29 is 19.1 Å². The minimum Gasteiger partial charge on any atom is -0.379 e. The lowest BCUT2D eigenvalue weighted by molar-refractivity contribution is -0.00430. The lowest BCUT2D eigenvalue weighted by atomic mass is 9.84. The van der Waals surface area contributed by atoms with Crippen LogP contribution < -0.4 is 0 Å². The zero-order chi connectivity index (χ0) is 25.0. The van der Waals surface area contributed by atoms with E-state index in [4.69, 9.17) is 4.74 Å². The van der Waals surface area contributed by atoms with Crippen molar-refractivity contribution in [3.63, 3.8) is 0 Å².